The summed E-state index contributed by atoms with van der Waals surface area (Å²) in [5.74, 6) is -2.11. The van der Waals surface area contributed by atoms with Crippen LogP contribution in [-0.2, 0) is 19.1 Å². The maximum Gasteiger partial charge on any atom is 0.249 e. The van der Waals surface area contributed by atoms with E-state index in [9.17, 15) is 19.5 Å². The van der Waals surface area contributed by atoms with Gasteiger partial charge in [-0.25, -0.2) is 0 Å². The molecule has 0 aromatic rings. The molecule has 0 radical (unpaired) electrons. The van der Waals surface area contributed by atoms with Crippen LogP contribution in [0.1, 0.15) is 59.3 Å². The minimum absolute atomic E-state index is 0.0682. The Morgan fingerprint density at radius 2 is 1.69 bits per heavy atom. The summed E-state index contributed by atoms with van der Waals surface area (Å²) in [5.41, 5.74) is -2.21. The van der Waals surface area contributed by atoms with Gasteiger partial charge in [-0.2, -0.15) is 0 Å². The number of fused-ring (bicyclic) bond motifs is 2. The summed E-state index contributed by atoms with van der Waals surface area (Å²) < 4.78 is 6.96. The van der Waals surface area contributed by atoms with Crippen LogP contribution in [0, 0.1) is 17.8 Å². The molecule has 8 nitrogen and oxygen atoms in total. The second-order valence-corrected chi connectivity index (χ2v) is 11.7. The highest BCUT2D eigenvalue weighted by Crippen LogP contribution is 2.59. The first kappa shape index (κ1) is 25.5. The molecule has 1 saturated carbocycles. The van der Waals surface area contributed by atoms with Crippen LogP contribution in [0.3, 0.4) is 0 Å². The smallest absolute Gasteiger partial charge is 0.249 e. The van der Waals surface area contributed by atoms with Gasteiger partial charge in [0, 0.05) is 26.2 Å². The maximum atomic E-state index is 14.5. The predicted molar refractivity (Wildman–Crippen MR) is 135 cm³/mol. The Bertz CT molecular complexity index is 972. The minimum Gasteiger partial charge on any atom is -0.394 e. The third kappa shape index (κ3) is 3.51. The lowest BCUT2D eigenvalue weighted by molar-refractivity contribution is -0.159. The third-order valence-electron chi connectivity index (χ3n) is 9.44. The second-order valence-electron chi connectivity index (χ2n) is 11.7. The molecule has 1 N–H and O–H groups in total. The number of carbonyl (C=O) groups is 3. The van der Waals surface area contributed by atoms with Gasteiger partial charge in [-0.15, -0.1) is 0 Å². The maximum absolute atomic E-state index is 14.5. The first-order valence-corrected chi connectivity index (χ1v) is 13.8. The molecule has 1 spiro atoms. The van der Waals surface area contributed by atoms with Gasteiger partial charge in [-0.05, 0) is 25.2 Å². The zero-order valence-corrected chi connectivity index (χ0v) is 22.1. The molecule has 6 atom stereocenters. The quantitative estimate of drug-likeness (QED) is 0.586. The number of aliphatic hydroxyl groups excluding tert-OH is 1. The van der Waals surface area contributed by atoms with Gasteiger partial charge >= 0.3 is 0 Å². The highest BCUT2D eigenvalue weighted by molar-refractivity contribution is 6.00. The number of hydrogen-bond acceptors (Lipinski definition) is 5. The number of carbonyl (C=O) groups excluding carboxylic acids is 3. The molecular formula is C28H41N3O5. The van der Waals surface area contributed by atoms with Crippen LogP contribution >= 0.6 is 0 Å². The number of ether oxygens (including phenoxy) is 1. The van der Waals surface area contributed by atoms with E-state index in [1.165, 1.54) is 6.42 Å². The van der Waals surface area contributed by atoms with Crippen molar-refractivity contribution >= 4 is 17.7 Å². The highest BCUT2D eigenvalue weighted by Gasteiger charge is 2.76. The Labute approximate surface area is 214 Å². The van der Waals surface area contributed by atoms with Gasteiger partial charge in [-0.3, -0.25) is 14.4 Å². The van der Waals surface area contributed by atoms with E-state index in [2.05, 4.69) is 0 Å². The molecule has 3 fully saturated rings. The average Bonchev–Trinajstić information content (AvgIpc) is 3.16. The molecule has 5 aliphatic rings. The van der Waals surface area contributed by atoms with Crippen molar-refractivity contribution in [1.29, 1.82) is 0 Å². The van der Waals surface area contributed by atoms with Gasteiger partial charge in [0.2, 0.25) is 17.7 Å². The number of rotatable bonds is 5. The fourth-order valence-corrected chi connectivity index (χ4v) is 7.54. The van der Waals surface area contributed by atoms with E-state index in [-0.39, 0.29) is 36.3 Å². The lowest BCUT2D eigenvalue weighted by atomic mass is 9.73. The number of amides is 3. The fraction of sp³-hybridized carbons (Fsp3) is 0.750. The topological polar surface area (TPSA) is 90.4 Å². The van der Waals surface area contributed by atoms with Crippen molar-refractivity contribution in [2.24, 2.45) is 17.8 Å². The van der Waals surface area contributed by atoms with Crippen LogP contribution < -0.4 is 0 Å². The molecule has 198 valence electrons. The van der Waals surface area contributed by atoms with Crippen molar-refractivity contribution < 1.29 is 24.2 Å². The Morgan fingerprint density at radius 3 is 2.33 bits per heavy atom. The number of nitrogens with zero attached hydrogens (tertiary/aromatic N) is 3. The standard InChI is InChI=1S/C28H41N3O5/c1-5-27-13-9-15-29(4)24(33)21(27)22-25(34)31(20(17-32)18(2)3)23-26(35)30(19-11-7-6-8-12-19)16-10-14-28(22,23)36-27/h9-10,13-14,18-23,32H,5-8,11-12,15-17H2,1-4H3/t20-,21+,22-,23?,27-,28-/m0/s1. The summed E-state index contributed by atoms with van der Waals surface area (Å²) in [6.45, 7) is 6.56. The van der Waals surface area contributed by atoms with E-state index >= 15 is 0 Å². The largest absolute Gasteiger partial charge is 0.394 e. The second kappa shape index (κ2) is 9.28. The highest BCUT2D eigenvalue weighted by atomic mass is 16.5. The van der Waals surface area contributed by atoms with E-state index in [4.69, 9.17) is 4.74 Å². The molecule has 0 aromatic carbocycles. The van der Waals surface area contributed by atoms with Crippen molar-refractivity contribution in [3.05, 3.63) is 24.3 Å². The van der Waals surface area contributed by atoms with Crippen molar-refractivity contribution in [2.75, 3.05) is 26.7 Å². The molecule has 2 saturated heterocycles. The van der Waals surface area contributed by atoms with Crippen LogP contribution in [0.2, 0.25) is 0 Å². The van der Waals surface area contributed by atoms with Gasteiger partial charge < -0.3 is 24.5 Å². The molecule has 0 bridgehead atoms. The molecule has 3 amide bonds. The molecule has 1 unspecified atom stereocenters. The zero-order valence-electron chi connectivity index (χ0n) is 22.1. The van der Waals surface area contributed by atoms with Gasteiger partial charge in [0.25, 0.3) is 0 Å². The van der Waals surface area contributed by atoms with Crippen molar-refractivity contribution in [3.63, 3.8) is 0 Å². The van der Waals surface area contributed by atoms with Crippen LogP contribution in [0.25, 0.3) is 0 Å². The normalized spacial score (nSPS) is 37.8. The molecule has 1 aliphatic carbocycles. The number of likely N-dealkylation sites (N-methyl/N-ethyl adjacent to an activating group) is 1. The molecule has 36 heavy (non-hydrogen) atoms. The van der Waals surface area contributed by atoms with E-state index in [1.807, 2.05) is 50.0 Å². The SMILES string of the molecule is CC[C@]12C=CCN(C)C(=O)[C@H]1[C@H]1C(=O)N([C@@H](CO)C(C)C)C3C(=O)N(C4CCCCC4)CC=C[C@@]31O2. The van der Waals surface area contributed by atoms with Gasteiger partial charge in [0.15, 0.2) is 0 Å². The van der Waals surface area contributed by atoms with Crippen LogP contribution in [0.15, 0.2) is 24.3 Å². The van der Waals surface area contributed by atoms with Crippen molar-refractivity contribution in [3.8, 4) is 0 Å². The summed E-state index contributed by atoms with van der Waals surface area (Å²) in [6.07, 6.45) is 13.6. The van der Waals surface area contributed by atoms with Gasteiger partial charge in [0.1, 0.15) is 11.6 Å². The fourth-order valence-electron chi connectivity index (χ4n) is 7.54. The van der Waals surface area contributed by atoms with Gasteiger partial charge in [-0.1, -0.05) is 64.3 Å². The third-order valence-corrected chi connectivity index (χ3v) is 9.44. The van der Waals surface area contributed by atoms with E-state index in [1.54, 1.807) is 16.8 Å². The summed E-state index contributed by atoms with van der Waals surface area (Å²) in [7, 11) is 1.75. The van der Waals surface area contributed by atoms with Crippen molar-refractivity contribution in [2.45, 2.75) is 88.6 Å². The molecule has 5 rings (SSSR count). The monoisotopic (exact) mass is 499 g/mol. The van der Waals surface area contributed by atoms with E-state index in [0.717, 1.165) is 25.7 Å². The summed E-state index contributed by atoms with van der Waals surface area (Å²) in [5, 5.41) is 10.4. The molecule has 4 heterocycles. The molecular weight excluding hydrogens is 458 g/mol. The van der Waals surface area contributed by atoms with Gasteiger partial charge in [0.05, 0.1) is 30.1 Å². The van der Waals surface area contributed by atoms with Crippen molar-refractivity contribution in [1.82, 2.24) is 14.7 Å². The zero-order chi connectivity index (χ0) is 25.8. The number of hydrogen-bond donors (Lipinski definition) is 1. The van der Waals surface area contributed by atoms with E-state index in [0.29, 0.717) is 19.5 Å². The number of aliphatic hydroxyl groups is 1. The summed E-state index contributed by atoms with van der Waals surface area (Å²) >= 11 is 0. The lowest BCUT2D eigenvalue weighted by Gasteiger charge is -2.43. The lowest BCUT2D eigenvalue weighted by Crippen LogP contribution is -2.61. The predicted octanol–water partition coefficient (Wildman–Crippen LogP) is 2.12. The Hall–Kier alpha value is -2.19. The minimum atomic E-state index is -1.25. The molecule has 4 aliphatic heterocycles. The first-order valence-electron chi connectivity index (χ1n) is 13.8. The summed E-state index contributed by atoms with van der Waals surface area (Å²) in [4.78, 5) is 47.9. The Balaban J connectivity index is 1.67. The first-order chi connectivity index (χ1) is 17.2. The summed E-state index contributed by atoms with van der Waals surface area (Å²) in [6, 6.07) is -1.31. The Kier molecular flexibility index (Phi) is 6.56. The van der Waals surface area contributed by atoms with Crippen LogP contribution in [0.4, 0.5) is 0 Å². The Morgan fingerprint density at radius 1 is 1.00 bits per heavy atom. The average molecular weight is 500 g/mol. The molecule has 8 heteroatoms. The van der Waals surface area contributed by atoms with E-state index < -0.39 is 35.1 Å². The van der Waals surface area contributed by atoms with Crippen LogP contribution in [0.5, 0.6) is 0 Å². The molecule has 0 aromatic heterocycles. The van der Waals surface area contributed by atoms with Crippen LogP contribution in [-0.4, -0.2) is 93.6 Å². The number of likely N-dealkylation sites (tertiary alicyclic amines) is 1.